The highest BCUT2D eigenvalue weighted by atomic mass is 32.1. The molecule has 1 aromatic heterocycles. The summed E-state index contributed by atoms with van der Waals surface area (Å²) < 4.78 is 10.4. The van der Waals surface area contributed by atoms with Crippen molar-refractivity contribution in [2.75, 3.05) is 38.9 Å². The predicted octanol–water partition coefficient (Wildman–Crippen LogP) is 2.00. The van der Waals surface area contributed by atoms with E-state index in [0.717, 1.165) is 41.5 Å². The molecule has 2 atom stereocenters. The molecule has 0 spiro atoms. The zero-order valence-electron chi connectivity index (χ0n) is 12.5. The predicted molar refractivity (Wildman–Crippen MR) is 80.6 cm³/mol. The third-order valence-corrected chi connectivity index (χ3v) is 4.87. The second kappa shape index (κ2) is 7.36. The minimum atomic E-state index is -0.341. The van der Waals surface area contributed by atoms with Gasteiger partial charge in [-0.15, -0.1) is 0 Å². The highest BCUT2D eigenvalue weighted by Crippen LogP contribution is 2.37. The smallest absolute Gasteiger partial charge is 0.186 e. The van der Waals surface area contributed by atoms with E-state index in [1.807, 2.05) is 0 Å². The number of aliphatic hydroxyl groups is 1. The van der Waals surface area contributed by atoms with Crippen molar-refractivity contribution >= 4 is 16.5 Å². The van der Waals surface area contributed by atoms with Crippen LogP contribution in [0.2, 0.25) is 0 Å². The number of aryl methyl sites for hydroxylation is 1. The number of aliphatic hydroxyl groups excluding tert-OH is 1. The molecular weight excluding hydrogens is 276 g/mol. The van der Waals surface area contributed by atoms with Gasteiger partial charge < -0.3 is 19.5 Å². The van der Waals surface area contributed by atoms with Crippen LogP contribution in [-0.2, 0) is 15.9 Å². The Balaban J connectivity index is 2.19. The molecule has 1 N–H and O–H groups in total. The van der Waals surface area contributed by atoms with Gasteiger partial charge in [-0.2, -0.15) is 0 Å². The van der Waals surface area contributed by atoms with Crippen LogP contribution >= 0.6 is 11.3 Å². The number of hydrogen-bond donors (Lipinski definition) is 1. The van der Waals surface area contributed by atoms with E-state index in [4.69, 9.17) is 14.5 Å². The summed E-state index contributed by atoms with van der Waals surface area (Å²) >= 11 is 1.61. The quantitative estimate of drug-likeness (QED) is 0.835. The van der Waals surface area contributed by atoms with Gasteiger partial charge in [-0.25, -0.2) is 4.98 Å². The van der Waals surface area contributed by atoms with E-state index >= 15 is 0 Å². The van der Waals surface area contributed by atoms with Gasteiger partial charge >= 0.3 is 0 Å². The van der Waals surface area contributed by atoms with Gasteiger partial charge in [0.15, 0.2) is 5.13 Å². The number of hydrogen-bond acceptors (Lipinski definition) is 6. The first kappa shape index (κ1) is 15.7. The lowest BCUT2D eigenvalue weighted by Crippen LogP contribution is -2.38. The molecule has 0 aliphatic heterocycles. The number of methoxy groups -OCH3 is 2. The molecule has 0 aromatic carbocycles. The van der Waals surface area contributed by atoms with Gasteiger partial charge in [0.05, 0.1) is 35.9 Å². The van der Waals surface area contributed by atoms with E-state index in [1.165, 1.54) is 0 Å². The van der Waals surface area contributed by atoms with Crippen molar-refractivity contribution in [3.8, 4) is 0 Å². The molecule has 6 heteroatoms. The van der Waals surface area contributed by atoms with Crippen LogP contribution in [0.5, 0.6) is 0 Å². The molecule has 20 heavy (non-hydrogen) atoms. The molecule has 2 rings (SSSR count). The van der Waals surface area contributed by atoms with E-state index in [9.17, 15) is 5.11 Å². The standard InChI is InChI=1S/C14H24N2O3S/c1-10(9-19-3)16(7-8-18-2)14-15-11-5-4-6-12(17)13(11)20-14/h10,12,17H,4-9H2,1-3H3. The summed E-state index contributed by atoms with van der Waals surface area (Å²) in [6.07, 6.45) is 2.50. The molecule has 114 valence electrons. The van der Waals surface area contributed by atoms with Crippen molar-refractivity contribution in [1.82, 2.24) is 4.98 Å². The van der Waals surface area contributed by atoms with Crippen LogP contribution in [0.4, 0.5) is 5.13 Å². The topological polar surface area (TPSA) is 54.8 Å². The summed E-state index contributed by atoms with van der Waals surface area (Å²) in [5.41, 5.74) is 1.07. The van der Waals surface area contributed by atoms with Gasteiger partial charge in [0, 0.05) is 20.8 Å². The van der Waals surface area contributed by atoms with Gasteiger partial charge in [0.1, 0.15) is 0 Å². The molecule has 0 saturated heterocycles. The lowest BCUT2D eigenvalue weighted by molar-refractivity contribution is 0.160. The number of anilines is 1. The van der Waals surface area contributed by atoms with Gasteiger partial charge in [-0.1, -0.05) is 11.3 Å². The average molecular weight is 300 g/mol. The van der Waals surface area contributed by atoms with Crippen LogP contribution in [-0.4, -0.2) is 50.1 Å². The second-order valence-corrected chi connectivity index (χ2v) is 6.22. The fraction of sp³-hybridized carbons (Fsp3) is 0.786. The Hall–Kier alpha value is -0.690. The summed E-state index contributed by atoms with van der Waals surface area (Å²) in [5.74, 6) is 0. The Labute approximate surface area is 124 Å². The molecule has 0 bridgehead atoms. The summed E-state index contributed by atoms with van der Waals surface area (Å²) in [7, 11) is 3.41. The van der Waals surface area contributed by atoms with Crippen LogP contribution < -0.4 is 4.90 Å². The van der Waals surface area contributed by atoms with Gasteiger partial charge in [-0.3, -0.25) is 0 Å². The number of thiazole rings is 1. The van der Waals surface area contributed by atoms with E-state index < -0.39 is 0 Å². The fourth-order valence-corrected chi connectivity index (χ4v) is 3.79. The lowest BCUT2D eigenvalue weighted by Gasteiger charge is -2.28. The van der Waals surface area contributed by atoms with Crippen LogP contribution in [0, 0.1) is 0 Å². The molecule has 1 aliphatic carbocycles. The number of ether oxygens (including phenoxy) is 2. The third-order valence-electron chi connectivity index (χ3n) is 3.63. The largest absolute Gasteiger partial charge is 0.388 e. The van der Waals surface area contributed by atoms with Crippen LogP contribution in [0.15, 0.2) is 0 Å². The maximum absolute atomic E-state index is 10.1. The van der Waals surface area contributed by atoms with Gasteiger partial charge in [0.2, 0.25) is 0 Å². The minimum absolute atomic E-state index is 0.236. The fourth-order valence-electron chi connectivity index (χ4n) is 2.53. The first-order chi connectivity index (χ1) is 9.67. The maximum atomic E-state index is 10.1. The average Bonchev–Trinajstić information content (AvgIpc) is 2.85. The van der Waals surface area contributed by atoms with Crippen molar-refractivity contribution < 1.29 is 14.6 Å². The molecule has 0 saturated carbocycles. The van der Waals surface area contributed by atoms with E-state index in [1.54, 1.807) is 25.6 Å². The summed E-state index contributed by atoms with van der Waals surface area (Å²) in [5, 5.41) is 11.0. The van der Waals surface area contributed by atoms with Crippen LogP contribution in [0.25, 0.3) is 0 Å². The Morgan fingerprint density at radius 1 is 1.45 bits per heavy atom. The summed E-state index contributed by atoms with van der Waals surface area (Å²) in [6.45, 7) is 4.21. The molecule has 0 radical (unpaired) electrons. The number of rotatable bonds is 7. The molecule has 1 heterocycles. The van der Waals surface area contributed by atoms with E-state index in [-0.39, 0.29) is 12.1 Å². The maximum Gasteiger partial charge on any atom is 0.186 e. The van der Waals surface area contributed by atoms with Crippen molar-refractivity contribution in [2.45, 2.75) is 38.3 Å². The number of nitrogens with zero attached hydrogens (tertiary/aromatic N) is 2. The molecule has 5 nitrogen and oxygen atoms in total. The minimum Gasteiger partial charge on any atom is -0.388 e. The molecule has 1 aromatic rings. The second-order valence-electron chi connectivity index (χ2n) is 5.21. The normalized spacial score (nSPS) is 19.7. The first-order valence-electron chi connectivity index (χ1n) is 7.09. The van der Waals surface area contributed by atoms with E-state index in [0.29, 0.717) is 13.2 Å². The monoisotopic (exact) mass is 300 g/mol. The highest BCUT2D eigenvalue weighted by molar-refractivity contribution is 7.15. The molecule has 2 unspecified atom stereocenters. The van der Waals surface area contributed by atoms with Crippen molar-refractivity contribution in [2.24, 2.45) is 0 Å². The third kappa shape index (κ3) is 3.49. The summed E-state index contributed by atoms with van der Waals surface area (Å²) in [6, 6.07) is 0.236. The highest BCUT2D eigenvalue weighted by Gasteiger charge is 2.26. The Morgan fingerprint density at radius 3 is 2.90 bits per heavy atom. The Kier molecular flexibility index (Phi) is 5.77. The number of fused-ring (bicyclic) bond motifs is 1. The van der Waals surface area contributed by atoms with Crippen LogP contribution in [0.1, 0.15) is 36.4 Å². The van der Waals surface area contributed by atoms with Crippen molar-refractivity contribution in [1.29, 1.82) is 0 Å². The summed E-state index contributed by atoms with van der Waals surface area (Å²) in [4.78, 5) is 7.98. The molecular formula is C14H24N2O3S. The zero-order chi connectivity index (χ0) is 14.5. The molecule has 1 aliphatic rings. The molecule has 0 fully saturated rings. The van der Waals surface area contributed by atoms with Crippen LogP contribution in [0.3, 0.4) is 0 Å². The van der Waals surface area contributed by atoms with Gasteiger partial charge in [-0.05, 0) is 26.2 Å². The Bertz CT molecular complexity index is 425. The Morgan fingerprint density at radius 2 is 2.25 bits per heavy atom. The van der Waals surface area contributed by atoms with Gasteiger partial charge in [0.25, 0.3) is 0 Å². The zero-order valence-corrected chi connectivity index (χ0v) is 13.3. The first-order valence-corrected chi connectivity index (χ1v) is 7.91. The number of aromatic nitrogens is 1. The van der Waals surface area contributed by atoms with Crippen molar-refractivity contribution in [3.05, 3.63) is 10.6 Å². The van der Waals surface area contributed by atoms with E-state index in [2.05, 4.69) is 11.8 Å². The SMILES string of the molecule is COCCN(c1nc2c(s1)C(O)CCC2)C(C)COC. The van der Waals surface area contributed by atoms with Crippen molar-refractivity contribution in [3.63, 3.8) is 0 Å². The molecule has 0 amide bonds. The lowest BCUT2D eigenvalue weighted by atomic mass is 10.0.